The number of hydrogen-bond donors (Lipinski definition) is 1. The van der Waals surface area contributed by atoms with E-state index in [2.05, 4.69) is 10.5 Å². The van der Waals surface area contributed by atoms with Crippen molar-refractivity contribution >= 4 is 27.5 Å². The van der Waals surface area contributed by atoms with Gasteiger partial charge in [-0.25, -0.2) is 17.6 Å². The average Bonchev–Trinajstić information content (AvgIpc) is 2.74. The summed E-state index contributed by atoms with van der Waals surface area (Å²) in [5.74, 6) is -0.426. The van der Waals surface area contributed by atoms with Gasteiger partial charge in [0.15, 0.2) is 0 Å². The van der Waals surface area contributed by atoms with E-state index in [1.807, 2.05) is 6.07 Å². The van der Waals surface area contributed by atoms with Crippen LogP contribution in [0.5, 0.6) is 0 Å². The number of sulfonamides is 1. The van der Waals surface area contributed by atoms with Crippen LogP contribution in [0.1, 0.15) is 18.4 Å². The highest BCUT2D eigenvalue weighted by Crippen LogP contribution is 2.20. The molecule has 3 rings (SSSR count). The van der Waals surface area contributed by atoms with Gasteiger partial charge < -0.3 is 0 Å². The Morgan fingerprint density at radius 3 is 2.52 bits per heavy atom. The zero-order valence-electron chi connectivity index (χ0n) is 15.2. The van der Waals surface area contributed by atoms with Crippen LogP contribution >= 0.6 is 0 Å². The number of carbonyl (C=O) groups is 1. The molecule has 0 radical (unpaired) electrons. The summed E-state index contributed by atoms with van der Waals surface area (Å²) in [4.78, 5) is 16.6. The maximum Gasteiger partial charge on any atom is 0.437 e. The molecule has 2 aromatic rings. The van der Waals surface area contributed by atoms with E-state index in [1.165, 1.54) is 52.8 Å². The Bertz CT molecular complexity index is 1070. The van der Waals surface area contributed by atoms with E-state index in [4.69, 9.17) is 10.1 Å². The number of hydrogen-bond acceptors (Lipinski definition) is 6. The molecule has 1 saturated heterocycles. The van der Waals surface area contributed by atoms with Gasteiger partial charge in [-0.2, -0.15) is 9.57 Å². The first-order chi connectivity index (χ1) is 13.9. The number of nitrogens with zero attached hydrogens (tertiary/aromatic N) is 3. The standard InChI is InChI=1S/C19H17FN4O4S/c20-15-4-6-16(7-5-15)22-19(25)28-23-17-8-10-24(11-9-17)29(26,27)18-3-1-2-14(12-18)13-21/h1-7,12H,8-11H2,(H,22,25). The molecule has 0 spiro atoms. The lowest BCUT2D eigenvalue weighted by molar-refractivity contribution is 0.165. The van der Waals surface area contributed by atoms with E-state index >= 15 is 0 Å². The summed E-state index contributed by atoms with van der Waals surface area (Å²) in [5, 5.41) is 15.1. The van der Waals surface area contributed by atoms with Gasteiger partial charge >= 0.3 is 6.09 Å². The summed E-state index contributed by atoms with van der Waals surface area (Å²) in [6.07, 6.45) is -0.213. The van der Waals surface area contributed by atoms with Crippen LogP contribution in [0.2, 0.25) is 0 Å². The molecule has 1 aliphatic heterocycles. The zero-order chi connectivity index (χ0) is 20.9. The third-order valence-electron chi connectivity index (χ3n) is 4.25. The third-order valence-corrected chi connectivity index (χ3v) is 6.14. The second kappa shape index (κ2) is 8.81. The first kappa shape index (κ1) is 20.4. The second-order valence-electron chi connectivity index (χ2n) is 6.21. The molecule has 10 heteroatoms. The van der Waals surface area contributed by atoms with Crippen molar-refractivity contribution < 1.29 is 22.4 Å². The molecule has 150 valence electrons. The molecule has 2 aromatic carbocycles. The summed E-state index contributed by atoms with van der Waals surface area (Å²) in [6, 6.07) is 12.9. The Morgan fingerprint density at radius 1 is 1.17 bits per heavy atom. The third kappa shape index (κ3) is 5.16. The van der Waals surface area contributed by atoms with Crippen molar-refractivity contribution in [2.24, 2.45) is 5.16 Å². The Hall–Kier alpha value is -3.29. The summed E-state index contributed by atoms with van der Waals surface area (Å²) < 4.78 is 39.6. The van der Waals surface area contributed by atoms with Gasteiger partial charge in [0.05, 0.1) is 22.2 Å². The zero-order valence-corrected chi connectivity index (χ0v) is 16.0. The van der Waals surface area contributed by atoms with E-state index in [-0.39, 0.29) is 23.5 Å². The van der Waals surface area contributed by atoms with E-state index in [0.717, 1.165) is 0 Å². The van der Waals surface area contributed by atoms with Crippen molar-refractivity contribution in [3.63, 3.8) is 0 Å². The Morgan fingerprint density at radius 2 is 1.86 bits per heavy atom. The first-order valence-electron chi connectivity index (χ1n) is 8.68. The first-order valence-corrected chi connectivity index (χ1v) is 10.1. The predicted octanol–water partition coefficient (Wildman–Crippen LogP) is 3.09. The topological polar surface area (TPSA) is 112 Å². The van der Waals surface area contributed by atoms with Crippen LogP contribution in [0, 0.1) is 17.1 Å². The van der Waals surface area contributed by atoms with E-state index < -0.39 is 21.9 Å². The van der Waals surface area contributed by atoms with Crippen LogP contribution in [-0.4, -0.2) is 37.6 Å². The normalized spacial score (nSPS) is 14.7. The summed E-state index contributed by atoms with van der Waals surface area (Å²) in [6.45, 7) is 0.363. The minimum Gasteiger partial charge on any atom is -0.298 e. The minimum absolute atomic E-state index is 0.0619. The molecular formula is C19H17FN4O4S. The van der Waals surface area contributed by atoms with E-state index in [9.17, 15) is 17.6 Å². The molecule has 0 saturated carbocycles. The van der Waals surface area contributed by atoms with Crippen molar-refractivity contribution in [2.75, 3.05) is 18.4 Å². The molecular weight excluding hydrogens is 399 g/mol. The lowest BCUT2D eigenvalue weighted by Gasteiger charge is -2.26. The Balaban J connectivity index is 1.56. The number of nitriles is 1. The van der Waals surface area contributed by atoms with Gasteiger partial charge in [-0.3, -0.25) is 10.2 Å². The number of halogens is 1. The number of nitrogens with one attached hydrogen (secondary N) is 1. The number of amides is 1. The summed E-state index contributed by atoms with van der Waals surface area (Å²) in [5.41, 5.74) is 1.18. The molecule has 1 fully saturated rings. The van der Waals surface area contributed by atoms with Gasteiger partial charge in [-0.1, -0.05) is 11.2 Å². The predicted molar refractivity (Wildman–Crippen MR) is 103 cm³/mol. The van der Waals surface area contributed by atoms with Gasteiger partial charge in [-0.15, -0.1) is 0 Å². The largest absolute Gasteiger partial charge is 0.437 e. The van der Waals surface area contributed by atoms with E-state index in [1.54, 1.807) is 0 Å². The number of carbonyl (C=O) groups excluding carboxylic acids is 1. The van der Waals surface area contributed by atoms with Crippen LogP contribution < -0.4 is 5.32 Å². The number of anilines is 1. The fraction of sp³-hybridized carbons (Fsp3) is 0.211. The number of oxime groups is 1. The summed E-state index contributed by atoms with van der Waals surface area (Å²) >= 11 is 0. The van der Waals surface area contributed by atoms with Crippen LogP contribution in [0.15, 0.2) is 58.6 Å². The summed E-state index contributed by atoms with van der Waals surface area (Å²) in [7, 11) is -3.72. The van der Waals surface area contributed by atoms with Crippen molar-refractivity contribution in [3.8, 4) is 6.07 Å². The van der Waals surface area contributed by atoms with Crippen LogP contribution in [0.25, 0.3) is 0 Å². The fourth-order valence-electron chi connectivity index (χ4n) is 2.73. The molecule has 0 unspecified atom stereocenters. The molecule has 29 heavy (non-hydrogen) atoms. The SMILES string of the molecule is N#Cc1cccc(S(=O)(=O)N2CCC(=NOC(=O)Nc3ccc(F)cc3)CC2)c1. The molecule has 0 aliphatic carbocycles. The number of rotatable bonds is 4. The van der Waals surface area contributed by atoms with Crippen LogP contribution in [-0.2, 0) is 14.9 Å². The second-order valence-corrected chi connectivity index (χ2v) is 8.15. The maximum absolute atomic E-state index is 12.9. The molecule has 1 aliphatic rings. The average molecular weight is 416 g/mol. The highest BCUT2D eigenvalue weighted by Gasteiger charge is 2.28. The van der Waals surface area contributed by atoms with Gasteiger partial charge in [0, 0.05) is 31.6 Å². The van der Waals surface area contributed by atoms with Gasteiger partial charge in [-0.05, 0) is 42.5 Å². The Kier molecular flexibility index (Phi) is 6.21. The lowest BCUT2D eigenvalue weighted by atomic mass is 10.1. The van der Waals surface area contributed by atoms with Crippen LogP contribution in [0.4, 0.5) is 14.9 Å². The molecule has 0 atom stereocenters. The van der Waals surface area contributed by atoms with E-state index in [0.29, 0.717) is 24.2 Å². The van der Waals surface area contributed by atoms with Crippen LogP contribution in [0.3, 0.4) is 0 Å². The molecule has 1 amide bonds. The monoisotopic (exact) mass is 416 g/mol. The molecule has 0 aromatic heterocycles. The number of benzene rings is 2. The quantitative estimate of drug-likeness (QED) is 0.608. The van der Waals surface area contributed by atoms with Gasteiger partial charge in [0.1, 0.15) is 5.82 Å². The lowest BCUT2D eigenvalue weighted by Crippen LogP contribution is -2.38. The fourth-order valence-corrected chi connectivity index (χ4v) is 4.22. The number of piperidine rings is 1. The van der Waals surface area contributed by atoms with Crippen molar-refractivity contribution in [3.05, 3.63) is 59.9 Å². The molecule has 1 heterocycles. The minimum atomic E-state index is -3.72. The van der Waals surface area contributed by atoms with Crippen molar-refractivity contribution in [1.82, 2.24) is 4.31 Å². The smallest absolute Gasteiger partial charge is 0.298 e. The van der Waals surface area contributed by atoms with Gasteiger partial charge in [0.2, 0.25) is 10.0 Å². The maximum atomic E-state index is 12.9. The molecule has 1 N–H and O–H groups in total. The van der Waals surface area contributed by atoms with Crippen molar-refractivity contribution in [1.29, 1.82) is 5.26 Å². The highest BCUT2D eigenvalue weighted by molar-refractivity contribution is 7.89. The highest BCUT2D eigenvalue weighted by atomic mass is 32.2. The van der Waals surface area contributed by atoms with Gasteiger partial charge in [0.25, 0.3) is 0 Å². The van der Waals surface area contributed by atoms with Crippen molar-refractivity contribution in [2.45, 2.75) is 17.7 Å². The Labute approximate surface area is 167 Å². The molecule has 0 bridgehead atoms. The molecule has 8 nitrogen and oxygen atoms in total.